The number of imide groups is 1. The van der Waals surface area contributed by atoms with Crippen molar-refractivity contribution in [3.63, 3.8) is 0 Å². The van der Waals surface area contributed by atoms with Crippen molar-refractivity contribution in [2.24, 2.45) is 0 Å². The minimum atomic E-state index is -0.777. The van der Waals surface area contributed by atoms with Gasteiger partial charge in [-0.2, -0.15) is 0 Å². The molecule has 1 aliphatic rings. The Bertz CT molecular complexity index is 776. The third kappa shape index (κ3) is 2.44. The maximum Gasteiger partial charge on any atom is 0.261 e. The van der Waals surface area contributed by atoms with Gasteiger partial charge in [-0.3, -0.25) is 14.5 Å². The molecule has 0 saturated heterocycles. The van der Waals surface area contributed by atoms with Crippen LogP contribution in [0.3, 0.4) is 0 Å². The minimum absolute atomic E-state index is 0.0978. The van der Waals surface area contributed by atoms with Gasteiger partial charge in [0, 0.05) is 15.2 Å². The van der Waals surface area contributed by atoms with Gasteiger partial charge in [-0.25, -0.2) is 8.78 Å². The second kappa shape index (κ2) is 5.18. The van der Waals surface area contributed by atoms with Gasteiger partial charge in [-0.05, 0) is 46.9 Å². The van der Waals surface area contributed by atoms with Crippen molar-refractivity contribution in [3.8, 4) is 0 Å². The maximum atomic E-state index is 13.7. The van der Waals surface area contributed by atoms with Gasteiger partial charge in [-0.15, -0.1) is 0 Å². The lowest BCUT2D eigenvalue weighted by Crippen LogP contribution is -2.29. The molecule has 0 radical (unpaired) electrons. The largest absolute Gasteiger partial charge is 0.270 e. The number of carbonyl (C=O) groups is 2. The molecule has 0 unspecified atom stereocenters. The molecule has 1 aliphatic heterocycles. The van der Waals surface area contributed by atoms with E-state index < -0.39 is 23.4 Å². The first-order valence-corrected chi connectivity index (χ1v) is 7.15. The van der Waals surface area contributed by atoms with Crippen LogP contribution in [0.1, 0.15) is 26.3 Å². The fraction of sp³-hybridized carbons (Fsp3) is 0.0667. The lowest BCUT2D eigenvalue weighted by Gasteiger charge is -2.14. The van der Waals surface area contributed by atoms with Crippen LogP contribution < -0.4 is 0 Å². The van der Waals surface area contributed by atoms with Gasteiger partial charge in [0.05, 0.1) is 17.7 Å². The molecule has 106 valence electrons. The van der Waals surface area contributed by atoms with Crippen molar-refractivity contribution in [1.29, 1.82) is 0 Å². The van der Waals surface area contributed by atoms with Crippen LogP contribution in [0.2, 0.25) is 0 Å². The molecule has 2 aromatic carbocycles. The van der Waals surface area contributed by atoms with Crippen LogP contribution in [0, 0.1) is 15.2 Å². The van der Waals surface area contributed by atoms with Crippen LogP contribution in [-0.2, 0) is 6.54 Å². The van der Waals surface area contributed by atoms with E-state index in [4.69, 9.17) is 0 Å². The Kier molecular flexibility index (Phi) is 3.48. The number of hydrogen-bond acceptors (Lipinski definition) is 2. The SMILES string of the molecule is O=C1c2ccc(I)cc2C(=O)N1Cc1ccc(F)cc1F. The molecule has 21 heavy (non-hydrogen) atoms. The van der Waals surface area contributed by atoms with Crippen LogP contribution in [0.25, 0.3) is 0 Å². The number of fused-ring (bicyclic) bond motifs is 1. The zero-order chi connectivity index (χ0) is 15.1. The maximum absolute atomic E-state index is 13.7. The smallest absolute Gasteiger partial charge is 0.261 e. The number of halogens is 3. The van der Waals surface area contributed by atoms with E-state index in [9.17, 15) is 18.4 Å². The van der Waals surface area contributed by atoms with Gasteiger partial charge in [0.25, 0.3) is 11.8 Å². The molecule has 1 heterocycles. The standard InChI is InChI=1S/C15H8F2INO2/c16-9-2-1-8(13(17)5-9)7-19-14(20)11-4-3-10(18)6-12(11)15(19)21/h1-6H,7H2. The van der Waals surface area contributed by atoms with E-state index in [1.54, 1.807) is 18.2 Å². The molecule has 3 rings (SSSR count). The van der Waals surface area contributed by atoms with Crippen LogP contribution >= 0.6 is 22.6 Å². The predicted molar refractivity (Wildman–Crippen MR) is 79.7 cm³/mol. The summed E-state index contributed by atoms with van der Waals surface area (Å²) in [7, 11) is 0. The van der Waals surface area contributed by atoms with Crippen molar-refractivity contribution in [2.75, 3.05) is 0 Å². The summed E-state index contributed by atoms with van der Waals surface area (Å²) in [5, 5.41) is 0. The van der Waals surface area contributed by atoms with Crippen LogP contribution in [-0.4, -0.2) is 16.7 Å². The van der Waals surface area contributed by atoms with Crippen molar-refractivity contribution < 1.29 is 18.4 Å². The molecule has 6 heteroatoms. The summed E-state index contributed by atoms with van der Waals surface area (Å²) < 4.78 is 27.4. The highest BCUT2D eigenvalue weighted by atomic mass is 127. The van der Waals surface area contributed by atoms with E-state index in [0.29, 0.717) is 11.1 Å². The molecule has 0 N–H and O–H groups in total. The average molecular weight is 399 g/mol. The first-order valence-electron chi connectivity index (χ1n) is 6.07. The summed E-state index contributed by atoms with van der Waals surface area (Å²) in [6, 6.07) is 8.00. The molecule has 0 bridgehead atoms. The highest BCUT2D eigenvalue weighted by Gasteiger charge is 2.35. The lowest BCUT2D eigenvalue weighted by molar-refractivity contribution is 0.0641. The molecule has 0 aliphatic carbocycles. The van der Waals surface area contributed by atoms with Crippen LogP contribution in [0.15, 0.2) is 36.4 Å². The van der Waals surface area contributed by atoms with Crippen molar-refractivity contribution in [1.82, 2.24) is 4.90 Å². The Balaban J connectivity index is 1.95. The Hall–Kier alpha value is -1.83. The molecule has 0 fully saturated rings. The summed E-state index contributed by atoms with van der Waals surface area (Å²) in [4.78, 5) is 25.4. The Labute approximate surface area is 132 Å². The second-order valence-corrected chi connectivity index (χ2v) is 5.87. The van der Waals surface area contributed by atoms with E-state index in [-0.39, 0.29) is 12.1 Å². The molecular formula is C15H8F2INO2. The topological polar surface area (TPSA) is 37.4 Å². The molecule has 0 atom stereocenters. The second-order valence-electron chi connectivity index (χ2n) is 4.62. The minimum Gasteiger partial charge on any atom is -0.270 e. The van der Waals surface area contributed by atoms with Gasteiger partial charge < -0.3 is 0 Å². The van der Waals surface area contributed by atoms with Gasteiger partial charge in [0.15, 0.2) is 0 Å². The van der Waals surface area contributed by atoms with Gasteiger partial charge in [-0.1, -0.05) is 6.07 Å². The predicted octanol–water partition coefficient (Wildman–Crippen LogP) is 3.37. The Morgan fingerprint density at radius 1 is 0.952 bits per heavy atom. The van der Waals surface area contributed by atoms with E-state index in [1.807, 2.05) is 22.6 Å². The highest BCUT2D eigenvalue weighted by molar-refractivity contribution is 14.1. The number of nitrogens with zero attached hydrogens (tertiary/aromatic N) is 1. The summed E-state index contributed by atoms with van der Waals surface area (Å²) in [5.74, 6) is -2.40. The Morgan fingerprint density at radius 2 is 1.67 bits per heavy atom. The monoisotopic (exact) mass is 399 g/mol. The normalized spacial score (nSPS) is 13.8. The third-order valence-electron chi connectivity index (χ3n) is 3.28. The van der Waals surface area contributed by atoms with E-state index in [0.717, 1.165) is 20.6 Å². The fourth-order valence-electron chi connectivity index (χ4n) is 2.23. The molecule has 2 amide bonds. The molecule has 0 aromatic heterocycles. The summed E-state index contributed by atoms with van der Waals surface area (Å²) in [6.45, 7) is -0.213. The quantitative estimate of drug-likeness (QED) is 0.574. The fourth-order valence-corrected chi connectivity index (χ4v) is 2.72. The van der Waals surface area contributed by atoms with Gasteiger partial charge in [0.2, 0.25) is 0 Å². The van der Waals surface area contributed by atoms with Crippen molar-refractivity contribution >= 4 is 34.4 Å². The molecule has 2 aromatic rings. The summed E-state index contributed by atoms with van der Waals surface area (Å²) in [5.41, 5.74) is 0.720. The number of carbonyl (C=O) groups excluding carboxylic acids is 2. The zero-order valence-corrected chi connectivity index (χ0v) is 12.7. The zero-order valence-electron chi connectivity index (χ0n) is 10.6. The Morgan fingerprint density at radius 3 is 2.38 bits per heavy atom. The third-order valence-corrected chi connectivity index (χ3v) is 3.95. The van der Waals surface area contributed by atoms with E-state index in [2.05, 4.69) is 0 Å². The molecule has 0 saturated carbocycles. The van der Waals surface area contributed by atoms with E-state index in [1.165, 1.54) is 6.07 Å². The van der Waals surface area contributed by atoms with Crippen molar-refractivity contribution in [2.45, 2.75) is 6.54 Å². The highest BCUT2D eigenvalue weighted by Crippen LogP contribution is 2.26. The number of benzene rings is 2. The van der Waals surface area contributed by atoms with Gasteiger partial charge >= 0.3 is 0 Å². The van der Waals surface area contributed by atoms with Crippen molar-refractivity contribution in [3.05, 3.63) is 68.3 Å². The molecule has 0 spiro atoms. The first kappa shape index (κ1) is 14.1. The van der Waals surface area contributed by atoms with Gasteiger partial charge in [0.1, 0.15) is 11.6 Å². The summed E-state index contributed by atoms with van der Waals surface area (Å²) >= 11 is 2.05. The summed E-state index contributed by atoms with van der Waals surface area (Å²) in [6.07, 6.45) is 0. The average Bonchev–Trinajstić information content (AvgIpc) is 2.66. The lowest BCUT2D eigenvalue weighted by atomic mass is 10.1. The van der Waals surface area contributed by atoms with E-state index >= 15 is 0 Å². The number of amides is 2. The molecular weight excluding hydrogens is 391 g/mol. The first-order chi connectivity index (χ1) is 9.97. The van der Waals surface area contributed by atoms with Crippen LogP contribution in [0.4, 0.5) is 8.78 Å². The number of hydrogen-bond donors (Lipinski definition) is 0. The van der Waals surface area contributed by atoms with Crippen LogP contribution in [0.5, 0.6) is 0 Å². The molecule has 3 nitrogen and oxygen atoms in total. The number of rotatable bonds is 2.